The number of amides is 2. The predicted octanol–water partition coefficient (Wildman–Crippen LogP) is 6.98. The minimum atomic E-state index is -4.56. The van der Waals surface area contributed by atoms with Crippen LogP contribution in [-0.4, -0.2) is 37.0 Å². The van der Waals surface area contributed by atoms with Gasteiger partial charge in [0.2, 0.25) is 0 Å². The lowest BCUT2D eigenvalue weighted by molar-refractivity contribution is -0.137. The molecule has 2 N–H and O–H groups in total. The monoisotopic (exact) mass is 620 g/mol. The van der Waals surface area contributed by atoms with Crippen LogP contribution in [0.4, 0.5) is 24.5 Å². The van der Waals surface area contributed by atoms with Gasteiger partial charge in [0, 0.05) is 16.9 Å². The normalized spacial score (nSPS) is 10.9. The number of alkyl halides is 3. The van der Waals surface area contributed by atoms with Crippen molar-refractivity contribution in [2.24, 2.45) is 0 Å². The third-order valence-electron chi connectivity index (χ3n) is 6.18. The maximum Gasteiger partial charge on any atom is 0.416 e. The number of nitrogens with one attached hydrogen (secondary N) is 2. The average molecular weight is 621 g/mol. The number of carbonyl (C=O) groups excluding carboxylic acids is 4. The molecule has 0 fully saturated rings. The van der Waals surface area contributed by atoms with Crippen molar-refractivity contribution in [2.45, 2.75) is 20.0 Å². The maximum absolute atomic E-state index is 13.4. The predicted molar refractivity (Wildman–Crippen MR) is 159 cm³/mol. The molecule has 45 heavy (non-hydrogen) atoms. The Balaban J connectivity index is 1.62. The molecule has 12 heteroatoms. The Bertz CT molecular complexity index is 1650. The Hall–Kier alpha value is -5.65. The first-order valence-corrected chi connectivity index (χ1v) is 13.6. The Morgan fingerprint density at radius 3 is 1.71 bits per heavy atom. The van der Waals surface area contributed by atoms with Crippen molar-refractivity contribution < 1.29 is 46.2 Å². The van der Waals surface area contributed by atoms with Gasteiger partial charge >= 0.3 is 18.1 Å². The second-order valence-corrected chi connectivity index (χ2v) is 9.34. The summed E-state index contributed by atoms with van der Waals surface area (Å²) in [7, 11) is 0. The molecule has 0 saturated carbocycles. The summed E-state index contributed by atoms with van der Waals surface area (Å²) in [5.41, 5.74) is -0.105. The first-order valence-electron chi connectivity index (χ1n) is 13.6. The van der Waals surface area contributed by atoms with Gasteiger partial charge in [-0.1, -0.05) is 12.1 Å². The van der Waals surface area contributed by atoms with Crippen molar-refractivity contribution in [3.05, 3.63) is 113 Å². The largest absolute Gasteiger partial charge is 0.462 e. The Labute approximate surface area is 255 Å². The van der Waals surface area contributed by atoms with Crippen LogP contribution in [0, 0.1) is 0 Å². The minimum Gasteiger partial charge on any atom is -0.462 e. The third-order valence-corrected chi connectivity index (χ3v) is 6.18. The number of rotatable bonds is 10. The van der Waals surface area contributed by atoms with Gasteiger partial charge in [0.05, 0.1) is 29.9 Å². The molecule has 0 unspecified atom stereocenters. The van der Waals surface area contributed by atoms with Gasteiger partial charge < -0.3 is 24.5 Å². The standard InChI is InChI=1S/C33H27F3N2O7/c1-3-43-31(41)20-8-12-24(13-9-20)37-29(39)27(30(40)38-25-14-10-21(11-15-25)32(42)44-4-2)19-26-16-17-28(45-26)22-6-5-7-23(18-22)33(34,35)36/h5-19H,3-4H2,1-2H3,(H,37,39)(H,38,40). The molecule has 0 aliphatic carbocycles. The van der Waals surface area contributed by atoms with Gasteiger partial charge in [0.15, 0.2) is 0 Å². The number of benzene rings is 3. The fraction of sp³-hybridized carbons (Fsp3) is 0.152. The number of ether oxygens (including phenoxy) is 2. The third kappa shape index (κ3) is 8.47. The van der Waals surface area contributed by atoms with E-state index in [1.807, 2.05) is 0 Å². The van der Waals surface area contributed by atoms with Crippen LogP contribution in [0.1, 0.15) is 45.9 Å². The van der Waals surface area contributed by atoms with Crippen LogP contribution < -0.4 is 10.6 Å². The molecule has 0 atom stereocenters. The van der Waals surface area contributed by atoms with Gasteiger partial charge in [-0.3, -0.25) is 9.59 Å². The zero-order chi connectivity index (χ0) is 32.6. The van der Waals surface area contributed by atoms with E-state index in [0.29, 0.717) is 0 Å². The van der Waals surface area contributed by atoms with E-state index in [4.69, 9.17) is 13.9 Å². The number of carbonyl (C=O) groups is 4. The van der Waals surface area contributed by atoms with Crippen molar-refractivity contribution in [2.75, 3.05) is 23.8 Å². The second-order valence-electron chi connectivity index (χ2n) is 9.34. The first-order chi connectivity index (χ1) is 21.5. The van der Waals surface area contributed by atoms with Crippen molar-refractivity contribution in [3.63, 3.8) is 0 Å². The smallest absolute Gasteiger partial charge is 0.416 e. The fourth-order valence-electron chi connectivity index (χ4n) is 4.02. The van der Waals surface area contributed by atoms with E-state index < -0.39 is 41.1 Å². The second kappa shape index (κ2) is 14.2. The quantitative estimate of drug-likeness (QED) is 0.0849. The van der Waals surface area contributed by atoms with E-state index in [1.165, 1.54) is 72.8 Å². The Kier molecular flexibility index (Phi) is 10.2. The van der Waals surface area contributed by atoms with E-state index in [1.54, 1.807) is 13.8 Å². The van der Waals surface area contributed by atoms with Crippen LogP contribution in [0.25, 0.3) is 17.4 Å². The molecule has 4 aromatic rings. The van der Waals surface area contributed by atoms with E-state index in [0.717, 1.165) is 18.2 Å². The summed E-state index contributed by atoms with van der Waals surface area (Å²) >= 11 is 0. The lowest BCUT2D eigenvalue weighted by atomic mass is 10.1. The van der Waals surface area contributed by atoms with Crippen LogP contribution in [0.5, 0.6) is 0 Å². The molecule has 0 saturated heterocycles. The van der Waals surface area contributed by atoms with Crippen LogP contribution in [0.15, 0.2) is 94.9 Å². The van der Waals surface area contributed by atoms with Crippen LogP contribution in [0.2, 0.25) is 0 Å². The first kappa shape index (κ1) is 32.3. The highest BCUT2D eigenvalue weighted by Crippen LogP contribution is 2.33. The van der Waals surface area contributed by atoms with Gasteiger partial charge in [0.1, 0.15) is 17.1 Å². The average Bonchev–Trinajstić information content (AvgIpc) is 3.49. The molecule has 0 aliphatic heterocycles. The lowest BCUT2D eigenvalue weighted by Crippen LogP contribution is -2.25. The van der Waals surface area contributed by atoms with Gasteiger partial charge in [-0.2, -0.15) is 13.2 Å². The van der Waals surface area contributed by atoms with Gasteiger partial charge in [-0.15, -0.1) is 0 Å². The zero-order valence-corrected chi connectivity index (χ0v) is 24.1. The molecule has 9 nitrogen and oxygen atoms in total. The molecule has 1 aromatic heterocycles. The summed E-state index contributed by atoms with van der Waals surface area (Å²) in [5.74, 6) is -2.69. The highest BCUT2D eigenvalue weighted by Gasteiger charge is 2.30. The molecule has 3 aromatic carbocycles. The van der Waals surface area contributed by atoms with E-state index >= 15 is 0 Å². The van der Waals surface area contributed by atoms with Crippen molar-refractivity contribution in [1.29, 1.82) is 0 Å². The molecule has 4 rings (SSSR count). The van der Waals surface area contributed by atoms with E-state index in [-0.39, 0.29) is 52.8 Å². The number of hydrogen-bond acceptors (Lipinski definition) is 7. The SMILES string of the molecule is CCOC(=O)c1ccc(NC(=O)C(=Cc2ccc(-c3cccc(C(F)(F)F)c3)o2)C(=O)Nc2ccc(C(=O)OCC)cc2)cc1. The molecule has 0 spiro atoms. The number of hydrogen-bond donors (Lipinski definition) is 2. The topological polar surface area (TPSA) is 124 Å². The van der Waals surface area contributed by atoms with Crippen molar-refractivity contribution >= 4 is 41.2 Å². The molecular weight excluding hydrogens is 593 g/mol. The highest BCUT2D eigenvalue weighted by atomic mass is 19.4. The number of anilines is 2. The van der Waals surface area contributed by atoms with E-state index in [9.17, 15) is 32.3 Å². The van der Waals surface area contributed by atoms with Crippen LogP contribution in [-0.2, 0) is 25.2 Å². The van der Waals surface area contributed by atoms with E-state index in [2.05, 4.69) is 10.6 Å². The molecule has 1 heterocycles. The number of esters is 2. The maximum atomic E-state index is 13.4. The molecule has 0 bridgehead atoms. The molecule has 0 aliphatic rings. The summed E-state index contributed by atoms with van der Waals surface area (Å²) in [6, 6.07) is 18.9. The fourth-order valence-corrected chi connectivity index (χ4v) is 4.02. The summed E-state index contributed by atoms with van der Waals surface area (Å²) in [6.07, 6.45) is -3.42. The molecule has 2 amide bonds. The minimum absolute atomic E-state index is 0.0121. The zero-order valence-electron chi connectivity index (χ0n) is 24.1. The lowest BCUT2D eigenvalue weighted by Gasteiger charge is -2.11. The number of furan rings is 1. The summed E-state index contributed by atoms with van der Waals surface area (Å²) < 4.78 is 55.2. The summed E-state index contributed by atoms with van der Waals surface area (Å²) in [4.78, 5) is 50.6. The van der Waals surface area contributed by atoms with Gasteiger partial charge in [0.25, 0.3) is 11.8 Å². The molecular formula is C33H27F3N2O7. The Morgan fingerprint density at radius 1 is 0.733 bits per heavy atom. The summed E-state index contributed by atoms with van der Waals surface area (Å²) in [5, 5.41) is 5.16. The Morgan fingerprint density at radius 2 is 1.24 bits per heavy atom. The van der Waals surface area contributed by atoms with Crippen molar-refractivity contribution in [3.8, 4) is 11.3 Å². The van der Waals surface area contributed by atoms with Crippen LogP contribution in [0.3, 0.4) is 0 Å². The van der Waals surface area contributed by atoms with Gasteiger partial charge in [-0.05, 0) is 92.7 Å². The van der Waals surface area contributed by atoms with Gasteiger partial charge in [-0.25, -0.2) is 9.59 Å². The summed E-state index contributed by atoms with van der Waals surface area (Å²) in [6.45, 7) is 3.71. The van der Waals surface area contributed by atoms with Crippen LogP contribution >= 0.6 is 0 Å². The molecule has 0 radical (unpaired) electrons. The number of halogens is 3. The highest BCUT2D eigenvalue weighted by molar-refractivity contribution is 6.28. The van der Waals surface area contributed by atoms with Crippen molar-refractivity contribution in [1.82, 2.24) is 0 Å². The molecule has 232 valence electrons.